The molecule has 0 saturated carbocycles. The monoisotopic (exact) mass is 233 g/mol. The quantitative estimate of drug-likeness (QED) is 0.695. The van der Waals surface area contributed by atoms with Crippen molar-refractivity contribution in [2.45, 2.75) is 18.3 Å². The van der Waals surface area contributed by atoms with E-state index in [2.05, 4.69) is 10.2 Å². The first-order chi connectivity index (χ1) is 6.64. The van der Waals surface area contributed by atoms with Crippen molar-refractivity contribution in [3.63, 3.8) is 0 Å². The number of aromatic nitrogens is 3. The van der Waals surface area contributed by atoms with Crippen LogP contribution in [-0.4, -0.2) is 27.1 Å². The fourth-order valence-electron chi connectivity index (χ4n) is 1.03. The summed E-state index contributed by atoms with van der Waals surface area (Å²) < 4.78 is 73.5. The third kappa shape index (κ3) is 2.39. The van der Waals surface area contributed by atoms with E-state index in [9.17, 15) is 26.3 Å². The Morgan fingerprint density at radius 1 is 1.13 bits per heavy atom. The van der Waals surface area contributed by atoms with Crippen molar-refractivity contribution in [3.05, 3.63) is 12.2 Å². The molecule has 0 bridgehead atoms. The van der Waals surface area contributed by atoms with Gasteiger partial charge < -0.3 is 4.57 Å². The molecule has 0 saturated heterocycles. The summed E-state index contributed by atoms with van der Waals surface area (Å²) in [6, 6.07) is 0. The molecule has 0 spiro atoms. The van der Waals surface area contributed by atoms with Crippen LogP contribution in [0.4, 0.5) is 26.3 Å². The van der Waals surface area contributed by atoms with E-state index >= 15 is 0 Å². The molecule has 0 amide bonds. The van der Waals surface area contributed by atoms with E-state index in [4.69, 9.17) is 0 Å². The summed E-state index contributed by atoms with van der Waals surface area (Å²) in [5, 5.41) is 5.80. The Balaban J connectivity index is 3.20. The summed E-state index contributed by atoms with van der Waals surface area (Å²) in [6.07, 6.45) is -10.1. The van der Waals surface area contributed by atoms with Crippen LogP contribution in [0.1, 0.15) is 11.7 Å². The molecule has 0 aromatic carbocycles. The number of nitrogens with zero attached hydrogens (tertiary/aromatic N) is 3. The number of hydrogen-bond donors (Lipinski definition) is 0. The highest BCUT2D eigenvalue weighted by Crippen LogP contribution is 2.45. The largest absolute Gasteiger partial charge is 0.407 e. The average Bonchev–Trinajstić information content (AvgIpc) is 2.30. The molecule has 1 aromatic heterocycles. The molecule has 0 fully saturated rings. The lowest BCUT2D eigenvalue weighted by molar-refractivity contribution is -0.256. The minimum atomic E-state index is -5.43. The fraction of sp³-hybridized carbons (Fsp3) is 0.667. The second-order valence-electron chi connectivity index (χ2n) is 2.82. The molecule has 3 nitrogen and oxygen atoms in total. The zero-order valence-corrected chi connectivity index (χ0v) is 7.26. The number of halogens is 6. The van der Waals surface area contributed by atoms with Gasteiger partial charge in [0.2, 0.25) is 5.92 Å². The summed E-state index contributed by atoms with van der Waals surface area (Å²) in [7, 11) is 1.01. The first-order valence-corrected chi connectivity index (χ1v) is 3.61. The van der Waals surface area contributed by atoms with E-state index in [1.807, 2.05) is 0 Å². The van der Waals surface area contributed by atoms with Gasteiger partial charge in [0, 0.05) is 7.05 Å². The van der Waals surface area contributed by atoms with Gasteiger partial charge in [0.25, 0.3) is 0 Å². The predicted molar refractivity (Wildman–Crippen MR) is 35.9 cm³/mol. The lowest BCUT2D eigenvalue weighted by Crippen LogP contribution is -2.36. The molecule has 0 atom stereocenters. The van der Waals surface area contributed by atoms with E-state index in [-0.39, 0.29) is 0 Å². The van der Waals surface area contributed by atoms with Crippen LogP contribution >= 0.6 is 0 Å². The van der Waals surface area contributed by atoms with E-state index < -0.39 is 24.1 Å². The number of hydrogen-bond acceptors (Lipinski definition) is 2. The molecule has 0 radical (unpaired) electrons. The summed E-state index contributed by atoms with van der Waals surface area (Å²) in [6.45, 7) is 0. The van der Waals surface area contributed by atoms with Gasteiger partial charge in [-0.25, -0.2) is 0 Å². The maximum atomic E-state index is 12.2. The Labute approximate surface area is 79.7 Å². The molecule has 0 N–H and O–H groups in total. The summed E-state index contributed by atoms with van der Waals surface area (Å²) in [5.74, 6) is -4.77. The van der Waals surface area contributed by atoms with Crippen LogP contribution in [0, 0.1) is 0 Å². The first kappa shape index (κ1) is 11.8. The molecule has 9 heteroatoms. The molecular formula is C6H5F6N3. The topological polar surface area (TPSA) is 30.7 Å². The van der Waals surface area contributed by atoms with Crippen LogP contribution in [0.3, 0.4) is 0 Å². The van der Waals surface area contributed by atoms with Gasteiger partial charge in [-0.15, -0.1) is 10.2 Å². The van der Waals surface area contributed by atoms with Gasteiger partial charge in [-0.1, -0.05) is 0 Å². The minimum absolute atomic E-state index is 0.589. The third-order valence-electron chi connectivity index (χ3n) is 1.66. The molecular weight excluding hydrogens is 228 g/mol. The van der Waals surface area contributed by atoms with Gasteiger partial charge in [-0.05, 0) is 0 Å². The number of rotatable bonds is 1. The highest BCUT2D eigenvalue weighted by Gasteiger charge is 2.59. The average molecular weight is 233 g/mol. The van der Waals surface area contributed by atoms with Crippen molar-refractivity contribution in [2.24, 2.45) is 7.05 Å². The fourth-order valence-corrected chi connectivity index (χ4v) is 1.03. The zero-order chi connectivity index (χ0) is 11.9. The molecule has 0 unspecified atom stereocenters. The maximum Gasteiger partial charge on any atom is 0.407 e. The summed E-state index contributed by atoms with van der Waals surface area (Å²) in [5.41, 5.74) is 0. The van der Waals surface area contributed by atoms with E-state index in [0.29, 0.717) is 4.57 Å². The Morgan fingerprint density at radius 2 is 1.60 bits per heavy atom. The molecule has 0 aliphatic heterocycles. The summed E-state index contributed by atoms with van der Waals surface area (Å²) >= 11 is 0. The van der Waals surface area contributed by atoms with Gasteiger partial charge >= 0.3 is 12.4 Å². The van der Waals surface area contributed by atoms with Crippen molar-refractivity contribution < 1.29 is 26.3 Å². The Kier molecular flexibility index (Phi) is 2.66. The zero-order valence-electron chi connectivity index (χ0n) is 7.26. The minimum Gasteiger partial charge on any atom is -0.320 e. The van der Waals surface area contributed by atoms with Crippen LogP contribution in [0.5, 0.6) is 0 Å². The highest BCUT2D eigenvalue weighted by molar-refractivity contribution is 5.03. The normalized spacial score (nSPS) is 13.6. The van der Waals surface area contributed by atoms with Crippen LogP contribution in [0.25, 0.3) is 0 Å². The first-order valence-electron chi connectivity index (χ1n) is 3.61. The lowest BCUT2D eigenvalue weighted by atomic mass is 10.1. The molecule has 1 aromatic rings. The molecule has 0 aliphatic rings. The van der Waals surface area contributed by atoms with E-state index in [1.54, 1.807) is 0 Å². The molecule has 1 heterocycles. The second kappa shape index (κ2) is 3.38. The van der Waals surface area contributed by atoms with E-state index in [0.717, 1.165) is 13.4 Å². The number of aryl methyl sites for hydroxylation is 1. The van der Waals surface area contributed by atoms with E-state index in [1.165, 1.54) is 0 Å². The van der Waals surface area contributed by atoms with Crippen LogP contribution < -0.4 is 0 Å². The van der Waals surface area contributed by atoms with Crippen LogP contribution in [-0.2, 0) is 7.05 Å². The van der Waals surface area contributed by atoms with Crippen LogP contribution in [0.15, 0.2) is 6.33 Å². The maximum absolute atomic E-state index is 12.2. The third-order valence-corrected chi connectivity index (χ3v) is 1.66. The summed E-state index contributed by atoms with van der Waals surface area (Å²) in [4.78, 5) is 0. The smallest absolute Gasteiger partial charge is 0.320 e. The Morgan fingerprint density at radius 3 is 1.87 bits per heavy atom. The molecule has 0 aliphatic carbocycles. The van der Waals surface area contributed by atoms with Gasteiger partial charge in [-0.2, -0.15) is 26.3 Å². The van der Waals surface area contributed by atoms with Gasteiger partial charge in [0.05, 0.1) is 0 Å². The Hall–Kier alpha value is -1.28. The predicted octanol–water partition coefficient (Wildman–Crippen LogP) is 2.02. The molecule has 15 heavy (non-hydrogen) atoms. The standard InChI is InChI=1S/C6H5F6N3/c1-15-2-13-14-4(15)3(5(7,8)9)6(10,11)12/h2-3H,1H3. The molecule has 86 valence electrons. The van der Waals surface area contributed by atoms with Crippen molar-refractivity contribution in [2.75, 3.05) is 0 Å². The number of alkyl halides is 6. The highest BCUT2D eigenvalue weighted by atomic mass is 19.4. The second-order valence-corrected chi connectivity index (χ2v) is 2.82. The lowest BCUT2D eigenvalue weighted by Gasteiger charge is -2.21. The SMILES string of the molecule is Cn1cnnc1C(C(F)(F)F)C(F)(F)F. The van der Waals surface area contributed by atoms with Gasteiger partial charge in [0.15, 0.2) is 5.82 Å². The van der Waals surface area contributed by atoms with Crippen molar-refractivity contribution in [1.29, 1.82) is 0 Å². The van der Waals surface area contributed by atoms with Crippen molar-refractivity contribution >= 4 is 0 Å². The van der Waals surface area contributed by atoms with Gasteiger partial charge in [0.1, 0.15) is 6.33 Å². The van der Waals surface area contributed by atoms with Crippen LogP contribution in [0.2, 0.25) is 0 Å². The Bertz CT molecular complexity index is 323. The van der Waals surface area contributed by atoms with Gasteiger partial charge in [-0.3, -0.25) is 0 Å². The molecule has 1 rings (SSSR count). The van der Waals surface area contributed by atoms with Crippen molar-refractivity contribution in [3.8, 4) is 0 Å². The van der Waals surface area contributed by atoms with Crippen molar-refractivity contribution in [1.82, 2.24) is 14.8 Å².